The molecule has 0 aromatic heterocycles. The van der Waals surface area contributed by atoms with E-state index < -0.39 is 6.17 Å². The van der Waals surface area contributed by atoms with Crippen LogP contribution in [-0.2, 0) is 0 Å². The van der Waals surface area contributed by atoms with E-state index in [1.54, 1.807) is 0 Å². The zero-order valence-corrected chi connectivity index (χ0v) is 6.26. The molecule has 2 unspecified atom stereocenters. The van der Waals surface area contributed by atoms with Gasteiger partial charge in [-0.05, 0) is 21.0 Å². The average molecular weight is 134 g/mol. The Kier molecular flexibility index (Phi) is 3.73. The largest absolute Gasteiger partial charge is 0.324 e. The molecular formula is C6H15FN2. The van der Waals surface area contributed by atoms with Gasteiger partial charge in [-0.1, -0.05) is 0 Å². The van der Waals surface area contributed by atoms with E-state index in [9.17, 15) is 4.39 Å². The summed E-state index contributed by atoms with van der Waals surface area (Å²) < 4.78 is 12.3. The Bertz CT molecular complexity index is 73.5. The summed E-state index contributed by atoms with van der Waals surface area (Å²) in [6, 6.07) is -0.347. The zero-order valence-electron chi connectivity index (χ0n) is 6.26. The summed E-state index contributed by atoms with van der Waals surface area (Å²) in [7, 11) is 3.75. The molecule has 0 aliphatic carbocycles. The first kappa shape index (κ1) is 8.85. The normalized spacial score (nSPS) is 18.0. The van der Waals surface area contributed by atoms with Gasteiger partial charge in [-0.25, -0.2) is 4.39 Å². The van der Waals surface area contributed by atoms with Gasteiger partial charge in [0.1, 0.15) is 6.17 Å². The summed E-state index contributed by atoms with van der Waals surface area (Å²) in [4.78, 5) is 1.88. The topological polar surface area (TPSA) is 29.3 Å². The van der Waals surface area contributed by atoms with Gasteiger partial charge in [-0.15, -0.1) is 0 Å². The molecule has 0 rings (SSSR count). The Labute approximate surface area is 55.8 Å². The van der Waals surface area contributed by atoms with Gasteiger partial charge in [-0.2, -0.15) is 0 Å². The van der Waals surface area contributed by atoms with E-state index in [-0.39, 0.29) is 6.04 Å². The van der Waals surface area contributed by atoms with E-state index in [1.165, 1.54) is 6.92 Å². The fraction of sp³-hybridized carbons (Fsp3) is 1.00. The van der Waals surface area contributed by atoms with E-state index in [1.807, 2.05) is 19.0 Å². The monoisotopic (exact) mass is 134 g/mol. The lowest BCUT2D eigenvalue weighted by Gasteiger charge is -2.17. The predicted molar refractivity (Wildman–Crippen MR) is 37.1 cm³/mol. The molecule has 56 valence electrons. The average Bonchev–Trinajstić information content (AvgIpc) is 1.63. The van der Waals surface area contributed by atoms with Crippen molar-refractivity contribution < 1.29 is 4.39 Å². The van der Waals surface area contributed by atoms with Crippen molar-refractivity contribution in [1.82, 2.24) is 4.90 Å². The first-order valence-electron chi connectivity index (χ1n) is 3.08. The van der Waals surface area contributed by atoms with Crippen molar-refractivity contribution in [2.45, 2.75) is 19.1 Å². The maximum atomic E-state index is 12.3. The van der Waals surface area contributed by atoms with Crippen LogP contribution in [0.1, 0.15) is 6.92 Å². The van der Waals surface area contributed by atoms with Gasteiger partial charge in [0.25, 0.3) is 0 Å². The van der Waals surface area contributed by atoms with Gasteiger partial charge >= 0.3 is 0 Å². The minimum absolute atomic E-state index is 0.347. The van der Waals surface area contributed by atoms with Crippen LogP contribution in [0.5, 0.6) is 0 Å². The molecule has 0 radical (unpaired) electrons. The molecule has 2 nitrogen and oxygen atoms in total. The minimum Gasteiger partial charge on any atom is -0.324 e. The van der Waals surface area contributed by atoms with E-state index in [0.29, 0.717) is 6.54 Å². The second-order valence-corrected chi connectivity index (χ2v) is 2.60. The maximum Gasteiger partial charge on any atom is 0.114 e. The highest BCUT2D eigenvalue weighted by molar-refractivity contribution is 4.69. The first-order valence-corrected chi connectivity index (χ1v) is 3.08. The van der Waals surface area contributed by atoms with Crippen LogP contribution in [0.4, 0.5) is 4.39 Å². The molecule has 9 heavy (non-hydrogen) atoms. The molecule has 2 atom stereocenters. The van der Waals surface area contributed by atoms with Gasteiger partial charge in [0.2, 0.25) is 0 Å². The Morgan fingerprint density at radius 1 is 1.56 bits per heavy atom. The number of hydrogen-bond donors (Lipinski definition) is 1. The van der Waals surface area contributed by atoms with Crippen LogP contribution in [0.25, 0.3) is 0 Å². The van der Waals surface area contributed by atoms with Crippen molar-refractivity contribution in [2.75, 3.05) is 20.6 Å². The SMILES string of the molecule is CC(F)C(N)CN(C)C. The van der Waals surface area contributed by atoms with Gasteiger partial charge in [0.05, 0.1) is 0 Å². The molecule has 0 saturated heterocycles. The van der Waals surface area contributed by atoms with Crippen molar-refractivity contribution in [3.8, 4) is 0 Å². The van der Waals surface area contributed by atoms with E-state index in [0.717, 1.165) is 0 Å². The molecule has 0 saturated carbocycles. The Balaban J connectivity index is 3.38. The Morgan fingerprint density at radius 2 is 2.00 bits per heavy atom. The molecule has 0 fully saturated rings. The fourth-order valence-corrected chi connectivity index (χ4v) is 0.567. The summed E-state index contributed by atoms with van der Waals surface area (Å²) in [5, 5.41) is 0. The van der Waals surface area contributed by atoms with Crippen LogP contribution < -0.4 is 5.73 Å². The number of nitrogens with zero attached hydrogens (tertiary/aromatic N) is 1. The van der Waals surface area contributed by atoms with Crippen LogP contribution in [0.15, 0.2) is 0 Å². The van der Waals surface area contributed by atoms with E-state index in [2.05, 4.69) is 0 Å². The molecule has 0 aromatic carbocycles. The number of alkyl halides is 1. The molecule has 0 aromatic rings. The number of likely N-dealkylation sites (N-methyl/N-ethyl adjacent to an activating group) is 1. The number of rotatable bonds is 3. The van der Waals surface area contributed by atoms with Crippen LogP contribution in [0.2, 0.25) is 0 Å². The molecule has 0 aliphatic heterocycles. The molecule has 3 heteroatoms. The van der Waals surface area contributed by atoms with Crippen LogP contribution in [-0.4, -0.2) is 37.8 Å². The highest BCUT2D eigenvalue weighted by atomic mass is 19.1. The third-order valence-corrected chi connectivity index (χ3v) is 1.17. The molecule has 0 heterocycles. The molecule has 0 bridgehead atoms. The van der Waals surface area contributed by atoms with Crippen molar-refractivity contribution >= 4 is 0 Å². The molecule has 0 spiro atoms. The Hall–Kier alpha value is -0.150. The van der Waals surface area contributed by atoms with Gasteiger partial charge in [0, 0.05) is 12.6 Å². The smallest absolute Gasteiger partial charge is 0.114 e. The summed E-state index contributed by atoms with van der Waals surface area (Å²) in [6.07, 6.45) is -0.910. The van der Waals surface area contributed by atoms with Gasteiger partial charge in [0.15, 0.2) is 0 Å². The highest BCUT2D eigenvalue weighted by Gasteiger charge is 2.10. The Morgan fingerprint density at radius 3 is 2.11 bits per heavy atom. The predicted octanol–water partition coefficient (Wildman–Crippen LogP) is 0.233. The fourth-order valence-electron chi connectivity index (χ4n) is 0.567. The molecule has 0 aliphatic rings. The molecule has 0 amide bonds. The number of nitrogens with two attached hydrogens (primary N) is 1. The minimum atomic E-state index is -0.910. The van der Waals surface area contributed by atoms with Crippen LogP contribution in [0.3, 0.4) is 0 Å². The van der Waals surface area contributed by atoms with Gasteiger partial charge < -0.3 is 10.6 Å². The van der Waals surface area contributed by atoms with Crippen molar-refractivity contribution in [3.05, 3.63) is 0 Å². The van der Waals surface area contributed by atoms with Crippen molar-refractivity contribution in [2.24, 2.45) is 5.73 Å². The molecule has 2 N–H and O–H groups in total. The quantitative estimate of drug-likeness (QED) is 0.599. The van der Waals surface area contributed by atoms with Crippen LogP contribution in [0, 0.1) is 0 Å². The maximum absolute atomic E-state index is 12.3. The second-order valence-electron chi connectivity index (χ2n) is 2.60. The summed E-state index contributed by atoms with van der Waals surface area (Å²) in [5.41, 5.74) is 5.40. The van der Waals surface area contributed by atoms with Crippen LogP contribution >= 0.6 is 0 Å². The number of halogens is 1. The van der Waals surface area contributed by atoms with Crippen molar-refractivity contribution in [3.63, 3.8) is 0 Å². The highest BCUT2D eigenvalue weighted by Crippen LogP contribution is 1.94. The third kappa shape index (κ3) is 4.36. The van der Waals surface area contributed by atoms with E-state index in [4.69, 9.17) is 5.73 Å². The zero-order chi connectivity index (χ0) is 7.44. The first-order chi connectivity index (χ1) is 4.04. The summed E-state index contributed by atoms with van der Waals surface area (Å²) in [6.45, 7) is 2.09. The third-order valence-electron chi connectivity index (χ3n) is 1.17. The number of hydrogen-bond acceptors (Lipinski definition) is 2. The summed E-state index contributed by atoms with van der Waals surface area (Å²) in [5.74, 6) is 0. The lowest BCUT2D eigenvalue weighted by Crippen LogP contribution is -2.39. The van der Waals surface area contributed by atoms with E-state index >= 15 is 0 Å². The summed E-state index contributed by atoms with van der Waals surface area (Å²) >= 11 is 0. The standard InChI is InChI=1S/C6H15FN2/c1-5(7)6(8)4-9(2)3/h5-6H,4,8H2,1-3H3. The lowest BCUT2D eigenvalue weighted by molar-refractivity contribution is 0.255. The second kappa shape index (κ2) is 3.80. The molecular weight excluding hydrogens is 119 g/mol. The van der Waals surface area contributed by atoms with Gasteiger partial charge in [-0.3, -0.25) is 0 Å². The van der Waals surface area contributed by atoms with Crippen molar-refractivity contribution in [1.29, 1.82) is 0 Å². The lowest BCUT2D eigenvalue weighted by atomic mass is 10.2.